The maximum absolute atomic E-state index is 13.8. The van der Waals surface area contributed by atoms with Crippen molar-refractivity contribution in [1.82, 2.24) is 15.4 Å². The molecule has 1 aromatic heterocycles. The minimum Gasteiger partial charge on any atom is -0.494 e. The number of hydrogen-bond acceptors (Lipinski definition) is 5. The molecule has 8 nitrogen and oxygen atoms in total. The molecule has 0 radical (unpaired) electrons. The number of aromatic amines is 1. The van der Waals surface area contributed by atoms with E-state index in [9.17, 15) is 14.0 Å². The van der Waals surface area contributed by atoms with Gasteiger partial charge in [-0.25, -0.2) is 9.87 Å². The summed E-state index contributed by atoms with van der Waals surface area (Å²) in [7, 11) is 1.92. The number of benzene rings is 2. The first-order valence-electron chi connectivity index (χ1n) is 11.0. The number of carbonyl (C=O) groups excluding carboxylic acids is 2. The third kappa shape index (κ3) is 3.68. The van der Waals surface area contributed by atoms with Gasteiger partial charge in [-0.15, -0.1) is 0 Å². The number of carbonyl (C=O) groups is 2. The summed E-state index contributed by atoms with van der Waals surface area (Å²) in [5.74, 6) is -0.229. The lowest BCUT2D eigenvalue weighted by atomic mass is 9.96. The van der Waals surface area contributed by atoms with E-state index in [1.54, 1.807) is 16.4 Å². The second-order valence-corrected chi connectivity index (χ2v) is 8.46. The highest BCUT2D eigenvalue weighted by Gasteiger charge is 2.41. The molecule has 0 spiro atoms. The van der Waals surface area contributed by atoms with Crippen LogP contribution in [0.5, 0.6) is 5.75 Å². The number of rotatable bonds is 6. The highest BCUT2D eigenvalue weighted by atomic mass is 19.1. The van der Waals surface area contributed by atoms with E-state index >= 15 is 0 Å². The molecule has 3 N–H and O–H groups in total. The number of ether oxygens (including phenoxy) is 1. The van der Waals surface area contributed by atoms with Crippen LogP contribution in [0.2, 0.25) is 0 Å². The molecule has 0 fully saturated rings. The molecule has 0 saturated heterocycles. The van der Waals surface area contributed by atoms with Crippen LogP contribution in [-0.4, -0.2) is 47.1 Å². The van der Waals surface area contributed by atoms with Gasteiger partial charge in [0.15, 0.2) is 0 Å². The van der Waals surface area contributed by atoms with E-state index in [-0.39, 0.29) is 18.5 Å². The van der Waals surface area contributed by atoms with Crippen molar-refractivity contribution in [3.63, 3.8) is 0 Å². The number of halogens is 1. The summed E-state index contributed by atoms with van der Waals surface area (Å²) in [6, 6.07) is 10.2. The Kier molecular flexibility index (Phi) is 5.41. The van der Waals surface area contributed by atoms with Crippen LogP contribution in [0.25, 0.3) is 10.9 Å². The van der Waals surface area contributed by atoms with Crippen LogP contribution in [0, 0.1) is 5.82 Å². The lowest BCUT2D eigenvalue weighted by Crippen LogP contribution is -2.51. The fourth-order valence-electron chi connectivity index (χ4n) is 4.86. The van der Waals surface area contributed by atoms with Crippen molar-refractivity contribution < 1.29 is 23.9 Å². The smallest absolute Gasteiger partial charge is 0.258 e. The summed E-state index contributed by atoms with van der Waals surface area (Å²) in [6.07, 6.45) is 1.98. The van der Waals surface area contributed by atoms with Gasteiger partial charge in [0.1, 0.15) is 17.7 Å². The number of amides is 2. The summed E-state index contributed by atoms with van der Waals surface area (Å²) in [5, 5.41) is 9.60. The first kappa shape index (κ1) is 21.3. The lowest BCUT2D eigenvalue weighted by Gasteiger charge is -2.46. The molecule has 2 aromatic carbocycles. The minimum absolute atomic E-state index is 0.157. The number of hydrogen-bond donors (Lipinski definition) is 3. The van der Waals surface area contributed by atoms with Gasteiger partial charge in [0, 0.05) is 30.9 Å². The Hall–Kier alpha value is -3.59. The lowest BCUT2D eigenvalue weighted by molar-refractivity contribution is -0.129. The largest absolute Gasteiger partial charge is 0.494 e. The Morgan fingerprint density at radius 3 is 2.94 bits per heavy atom. The van der Waals surface area contributed by atoms with Gasteiger partial charge >= 0.3 is 0 Å². The van der Waals surface area contributed by atoms with E-state index in [0.717, 1.165) is 27.9 Å². The van der Waals surface area contributed by atoms with E-state index in [0.29, 0.717) is 43.7 Å². The minimum atomic E-state index is -0.415. The van der Waals surface area contributed by atoms with Crippen LogP contribution < -0.4 is 15.1 Å². The molecule has 0 aliphatic carbocycles. The van der Waals surface area contributed by atoms with Crippen molar-refractivity contribution in [2.45, 2.75) is 31.8 Å². The van der Waals surface area contributed by atoms with E-state index in [4.69, 9.17) is 9.94 Å². The van der Waals surface area contributed by atoms with Crippen molar-refractivity contribution in [2.75, 3.05) is 25.1 Å². The Balaban J connectivity index is 1.39. The fourth-order valence-corrected chi connectivity index (χ4v) is 4.86. The van der Waals surface area contributed by atoms with Gasteiger partial charge in [-0.1, -0.05) is 0 Å². The third-order valence-corrected chi connectivity index (χ3v) is 6.46. The van der Waals surface area contributed by atoms with Crippen LogP contribution in [0.15, 0.2) is 36.4 Å². The molecule has 1 unspecified atom stereocenters. The second-order valence-electron chi connectivity index (χ2n) is 8.46. The van der Waals surface area contributed by atoms with Crippen molar-refractivity contribution in [3.8, 4) is 5.75 Å². The van der Waals surface area contributed by atoms with Gasteiger partial charge in [-0.2, -0.15) is 0 Å². The van der Waals surface area contributed by atoms with E-state index in [1.807, 2.05) is 30.1 Å². The Labute approximate surface area is 189 Å². The molecule has 3 heterocycles. The van der Waals surface area contributed by atoms with Gasteiger partial charge < -0.3 is 19.5 Å². The average Bonchev–Trinajstić information content (AvgIpc) is 3.19. The van der Waals surface area contributed by atoms with E-state index in [2.05, 4.69) is 4.98 Å². The first-order valence-corrected chi connectivity index (χ1v) is 11.0. The highest BCUT2D eigenvalue weighted by Crippen LogP contribution is 2.43. The van der Waals surface area contributed by atoms with Gasteiger partial charge in [-0.3, -0.25) is 14.8 Å². The molecule has 2 aliphatic heterocycles. The fraction of sp³-hybridized carbons (Fsp3) is 0.333. The Morgan fingerprint density at radius 2 is 2.12 bits per heavy atom. The molecule has 2 aliphatic rings. The summed E-state index contributed by atoms with van der Waals surface area (Å²) < 4.78 is 19.7. The normalized spacial score (nSPS) is 16.9. The zero-order valence-corrected chi connectivity index (χ0v) is 18.2. The molecule has 9 heteroatoms. The quantitative estimate of drug-likeness (QED) is 0.302. The molecule has 0 bridgehead atoms. The van der Waals surface area contributed by atoms with Gasteiger partial charge in [0.05, 0.1) is 23.6 Å². The molecule has 1 atom stereocenters. The van der Waals surface area contributed by atoms with Crippen molar-refractivity contribution >= 4 is 28.4 Å². The van der Waals surface area contributed by atoms with E-state index < -0.39 is 11.7 Å². The number of nitrogens with one attached hydrogen (secondary N) is 2. The third-order valence-electron chi connectivity index (χ3n) is 6.46. The molecule has 2 amide bonds. The summed E-state index contributed by atoms with van der Waals surface area (Å²) in [4.78, 5) is 31.5. The van der Waals surface area contributed by atoms with Crippen LogP contribution in [0.4, 0.5) is 10.1 Å². The van der Waals surface area contributed by atoms with Crippen LogP contribution in [0.1, 0.15) is 47.0 Å². The van der Waals surface area contributed by atoms with Gasteiger partial charge in [-0.05, 0) is 61.2 Å². The number of hydroxylamine groups is 1. The second kappa shape index (κ2) is 8.40. The molecule has 172 valence electrons. The first-order chi connectivity index (χ1) is 16.0. The summed E-state index contributed by atoms with van der Waals surface area (Å²) >= 11 is 0. The maximum atomic E-state index is 13.8. The highest BCUT2D eigenvalue weighted by molar-refractivity contribution is 6.02. The number of unbranched alkanes of at least 4 members (excludes halogenated alkanes) is 1. The molecule has 5 rings (SSSR count). The molecular weight excluding hydrogens is 427 g/mol. The molecule has 0 saturated carbocycles. The average molecular weight is 452 g/mol. The topological polar surface area (TPSA) is 97.9 Å². The van der Waals surface area contributed by atoms with Gasteiger partial charge in [0.25, 0.3) is 5.91 Å². The van der Waals surface area contributed by atoms with Crippen molar-refractivity contribution in [1.29, 1.82) is 0 Å². The van der Waals surface area contributed by atoms with Crippen LogP contribution in [0.3, 0.4) is 0 Å². The molecule has 3 aromatic rings. The van der Waals surface area contributed by atoms with Crippen molar-refractivity contribution in [3.05, 3.63) is 59.0 Å². The maximum Gasteiger partial charge on any atom is 0.258 e. The standard InChI is InChI=1S/C24H25FN4O4/c1-28-20-8-5-14(25)12-18(20)24(31)29-10-9-16-17-13-15(33-11-3-2-4-21(30)27-32)6-7-19(17)26-22(16)23(28)29/h5-8,12-13,23,26,32H,2-4,9-11H2,1H3,(H,27,30). The number of fused-ring (bicyclic) bond motifs is 6. The van der Waals surface area contributed by atoms with Crippen molar-refractivity contribution in [2.24, 2.45) is 0 Å². The van der Waals surface area contributed by atoms with Crippen LogP contribution >= 0.6 is 0 Å². The number of H-pyrrole nitrogens is 1. The predicted molar refractivity (Wildman–Crippen MR) is 120 cm³/mol. The van der Waals surface area contributed by atoms with E-state index in [1.165, 1.54) is 12.1 Å². The SMILES string of the molecule is CN1c2ccc(F)cc2C(=O)N2CCc3c([nH]c4ccc(OCCCCC(=O)NO)cc34)C21. The predicted octanol–water partition coefficient (Wildman–Crippen LogP) is 3.51. The van der Waals surface area contributed by atoms with Gasteiger partial charge in [0.2, 0.25) is 5.91 Å². The Morgan fingerprint density at radius 1 is 1.27 bits per heavy atom. The number of nitrogens with zero attached hydrogens (tertiary/aromatic N) is 2. The number of aromatic nitrogens is 1. The van der Waals surface area contributed by atoms with Crippen LogP contribution in [-0.2, 0) is 11.2 Å². The Bertz CT molecular complexity index is 1240. The zero-order valence-electron chi connectivity index (χ0n) is 18.2. The number of anilines is 1. The molecule has 33 heavy (non-hydrogen) atoms. The summed E-state index contributed by atoms with van der Waals surface area (Å²) in [6.45, 7) is 1.01. The zero-order chi connectivity index (χ0) is 23.1. The molecular formula is C24H25FN4O4. The summed E-state index contributed by atoms with van der Waals surface area (Å²) in [5.41, 5.74) is 5.82. The monoisotopic (exact) mass is 452 g/mol.